The predicted molar refractivity (Wildman–Crippen MR) is 94.2 cm³/mol. The quantitative estimate of drug-likeness (QED) is 0.588. The van der Waals surface area contributed by atoms with Gasteiger partial charge >= 0.3 is 0 Å². The van der Waals surface area contributed by atoms with E-state index in [2.05, 4.69) is 21.6 Å². The molecule has 0 aliphatic rings. The van der Waals surface area contributed by atoms with Crippen molar-refractivity contribution >= 4 is 46.3 Å². The van der Waals surface area contributed by atoms with Crippen molar-refractivity contribution in [3.05, 3.63) is 62.0 Å². The molecule has 114 valence electrons. The molecule has 0 radical (unpaired) electrons. The Morgan fingerprint density at radius 2 is 1.91 bits per heavy atom. The van der Waals surface area contributed by atoms with E-state index < -0.39 is 0 Å². The minimum Gasteiger partial charge on any atom is -0.309 e. The third-order valence-corrected chi connectivity index (χ3v) is 5.88. The van der Waals surface area contributed by atoms with E-state index in [9.17, 15) is 0 Å². The Morgan fingerprint density at radius 1 is 1.14 bits per heavy atom. The summed E-state index contributed by atoms with van der Waals surface area (Å²) in [5, 5.41) is 12.8. The molecular formula is C15H13Cl2N3S2. The Labute approximate surface area is 147 Å². The number of thioether (sulfide) groups is 1. The van der Waals surface area contributed by atoms with Crippen LogP contribution in [0.1, 0.15) is 16.3 Å². The number of aromatic nitrogens is 3. The molecule has 2 heterocycles. The molecule has 22 heavy (non-hydrogen) atoms. The highest BCUT2D eigenvalue weighted by molar-refractivity contribution is 7.98. The minimum absolute atomic E-state index is 0.670. The van der Waals surface area contributed by atoms with Crippen LogP contribution in [0.4, 0.5) is 0 Å². The van der Waals surface area contributed by atoms with Gasteiger partial charge in [0, 0.05) is 34.1 Å². The van der Waals surface area contributed by atoms with Gasteiger partial charge in [0.1, 0.15) is 5.82 Å². The molecule has 0 unspecified atom stereocenters. The lowest BCUT2D eigenvalue weighted by Crippen LogP contribution is -1.99. The first-order valence-electron chi connectivity index (χ1n) is 6.61. The second kappa shape index (κ2) is 7.04. The zero-order chi connectivity index (χ0) is 15.5. The van der Waals surface area contributed by atoms with Gasteiger partial charge in [-0.25, -0.2) is 0 Å². The number of thiophene rings is 1. The van der Waals surface area contributed by atoms with E-state index in [0.29, 0.717) is 15.8 Å². The molecule has 0 aliphatic carbocycles. The van der Waals surface area contributed by atoms with Crippen LogP contribution in [0.5, 0.6) is 0 Å². The van der Waals surface area contributed by atoms with Gasteiger partial charge in [0.15, 0.2) is 5.16 Å². The van der Waals surface area contributed by atoms with E-state index >= 15 is 0 Å². The van der Waals surface area contributed by atoms with E-state index in [4.69, 9.17) is 23.2 Å². The third kappa shape index (κ3) is 3.49. The van der Waals surface area contributed by atoms with Crippen molar-refractivity contribution in [2.45, 2.75) is 17.3 Å². The summed E-state index contributed by atoms with van der Waals surface area (Å²) in [6, 6.07) is 9.70. The lowest BCUT2D eigenvalue weighted by Gasteiger charge is -2.06. The van der Waals surface area contributed by atoms with Crippen molar-refractivity contribution in [1.29, 1.82) is 0 Å². The summed E-state index contributed by atoms with van der Waals surface area (Å²) in [6.45, 7) is 0. The molecule has 0 spiro atoms. The first-order chi connectivity index (χ1) is 10.6. The molecule has 0 atom stereocenters. The van der Waals surface area contributed by atoms with Crippen molar-refractivity contribution in [3.8, 4) is 0 Å². The lowest BCUT2D eigenvalue weighted by molar-refractivity contribution is 0.751. The fourth-order valence-electron chi connectivity index (χ4n) is 2.00. The zero-order valence-corrected chi connectivity index (χ0v) is 14.9. The fraction of sp³-hybridized carbons (Fsp3) is 0.200. The average Bonchev–Trinajstić information content (AvgIpc) is 3.11. The number of hydrogen-bond acceptors (Lipinski definition) is 4. The Bertz CT molecular complexity index is 749. The average molecular weight is 370 g/mol. The maximum atomic E-state index is 6.20. The van der Waals surface area contributed by atoms with E-state index in [1.165, 1.54) is 4.88 Å². The summed E-state index contributed by atoms with van der Waals surface area (Å²) in [5.74, 6) is 1.62. The van der Waals surface area contributed by atoms with Gasteiger partial charge in [-0.15, -0.1) is 21.5 Å². The zero-order valence-electron chi connectivity index (χ0n) is 11.8. The summed E-state index contributed by atoms with van der Waals surface area (Å²) in [5.41, 5.74) is 0.929. The number of hydrogen-bond donors (Lipinski definition) is 0. The minimum atomic E-state index is 0.670. The molecule has 0 N–H and O–H groups in total. The lowest BCUT2D eigenvalue weighted by atomic mass is 10.2. The van der Waals surface area contributed by atoms with Crippen molar-refractivity contribution in [2.24, 2.45) is 7.05 Å². The molecule has 3 aromatic rings. The number of rotatable bonds is 5. The summed E-state index contributed by atoms with van der Waals surface area (Å²) in [7, 11) is 1.99. The molecule has 0 bridgehead atoms. The number of benzene rings is 1. The van der Waals surface area contributed by atoms with Gasteiger partial charge in [0.05, 0.1) is 0 Å². The molecule has 2 aromatic heterocycles. The highest BCUT2D eigenvalue weighted by atomic mass is 35.5. The van der Waals surface area contributed by atoms with Crippen LogP contribution in [0, 0.1) is 0 Å². The van der Waals surface area contributed by atoms with E-state index in [0.717, 1.165) is 23.0 Å². The van der Waals surface area contributed by atoms with Crippen LogP contribution >= 0.6 is 46.3 Å². The normalized spacial score (nSPS) is 11.0. The van der Waals surface area contributed by atoms with Gasteiger partial charge < -0.3 is 4.57 Å². The smallest absolute Gasteiger partial charge is 0.191 e. The Kier molecular flexibility index (Phi) is 5.08. The highest BCUT2D eigenvalue weighted by Gasteiger charge is 2.12. The van der Waals surface area contributed by atoms with Crippen LogP contribution in [-0.2, 0) is 19.2 Å². The van der Waals surface area contributed by atoms with Crippen LogP contribution in [0.2, 0.25) is 10.0 Å². The first-order valence-corrected chi connectivity index (χ1v) is 9.23. The molecular weight excluding hydrogens is 357 g/mol. The van der Waals surface area contributed by atoms with Gasteiger partial charge in [0.2, 0.25) is 0 Å². The van der Waals surface area contributed by atoms with Crippen LogP contribution in [0.25, 0.3) is 0 Å². The van der Waals surface area contributed by atoms with E-state index in [1.807, 2.05) is 35.9 Å². The molecule has 0 fully saturated rings. The first kappa shape index (κ1) is 15.9. The van der Waals surface area contributed by atoms with Crippen LogP contribution in [-0.4, -0.2) is 14.8 Å². The van der Waals surface area contributed by atoms with Crippen LogP contribution in [0.15, 0.2) is 40.9 Å². The Balaban J connectivity index is 1.72. The van der Waals surface area contributed by atoms with Gasteiger partial charge in [-0.3, -0.25) is 0 Å². The van der Waals surface area contributed by atoms with Crippen LogP contribution < -0.4 is 0 Å². The molecule has 7 heteroatoms. The van der Waals surface area contributed by atoms with Gasteiger partial charge in [-0.05, 0) is 29.1 Å². The molecule has 1 aromatic carbocycles. The van der Waals surface area contributed by atoms with Gasteiger partial charge in [-0.2, -0.15) is 0 Å². The second-order valence-corrected chi connectivity index (χ2v) is 7.49. The fourth-order valence-corrected chi connectivity index (χ4v) is 4.37. The molecule has 0 saturated carbocycles. The van der Waals surface area contributed by atoms with Crippen molar-refractivity contribution in [3.63, 3.8) is 0 Å². The van der Waals surface area contributed by atoms with Crippen molar-refractivity contribution in [2.75, 3.05) is 0 Å². The highest BCUT2D eigenvalue weighted by Crippen LogP contribution is 2.31. The largest absolute Gasteiger partial charge is 0.309 e. The molecule has 0 saturated heterocycles. The van der Waals surface area contributed by atoms with Gasteiger partial charge in [0.25, 0.3) is 0 Å². The summed E-state index contributed by atoms with van der Waals surface area (Å²) in [4.78, 5) is 1.28. The summed E-state index contributed by atoms with van der Waals surface area (Å²) >= 11 is 15.7. The SMILES string of the molecule is Cn1c(Cc2cccs2)nnc1SCc1c(Cl)cccc1Cl. The summed E-state index contributed by atoms with van der Waals surface area (Å²) in [6.07, 6.45) is 0.800. The monoisotopic (exact) mass is 369 g/mol. The number of nitrogens with zero attached hydrogens (tertiary/aromatic N) is 3. The summed E-state index contributed by atoms with van der Waals surface area (Å²) < 4.78 is 2.02. The molecule has 3 rings (SSSR count). The Hall–Kier alpha value is -1.01. The maximum Gasteiger partial charge on any atom is 0.191 e. The predicted octanol–water partition coefficient (Wildman–Crippen LogP) is 5.07. The van der Waals surface area contributed by atoms with Crippen molar-refractivity contribution < 1.29 is 0 Å². The van der Waals surface area contributed by atoms with Crippen molar-refractivity contribution in [1.82, 2.24) is 14.8 Å². The molecule has 0 aliphatic heterocycles. The third-order valence-electron chi connectivity index (χ3n) is 3.24. The van der Waals surface area contributed by atoms with Gasteiger partial charge in [-0.1, -0.05) is 47.1 Å². The topological polar surface area (TPSA) is 30.7 Å². The maximum absolute atomic E-state index is 6.20. The second-order valence-electron chi connectivity index (χ2n) is 4.70. The number of halogens is 2. The van der Waals surface area contributed by atoms with Crippen LogP contribution in [0.3, 0.4) is 0 Å². The molecule has 3 nitrogen and oxygen atoms in total. The Morgan fingerprint density at radius 3 is 2.59 bits per heavy atom. The molecule has 0 amide bonds. The van der Waals surface area contributed by atoms with E-state index in [1.54, 1.807) is 23.1 Å². The standard InChI is InChI=1S/C15H13Cl2N3S2/c1-20-14(8-10-4-3-7-21-10)18-19-15(20)22-9-11-12(16)5-2-6-13(11)17/h2-7H,8-9H2,1H3. The van der Waals surface area contributed by atoms with E-state index in [-0.39, 0.29) is 0 Å².